The average Bonchev–Trinajstić information content (AvgIpc) is 2.93. The SMILES string of the molecule is CCCCCCCC/C=C\CCCCCCCCc1cccc(S(=O)(=O)[O-])c1CCCCCCCCCCCC.[Na+]. The molecule has 232 valence electrons. The van der Waals surface area contributed by atoms with Crippen molar-refractivity contribution < 1.29 is 42.5 Å². The van der Waals surface area contributed by atoms with Gasteiger partial charge in [0.2, 0.25) is 0 Å². The third kappa shape index (κ3) is 23.0. The van der Waals surface area contributed by atoms with Gasteiger partial charge in [-0.25, -0.2) is 8.42 Å². The first-order valence-electron chi connectivity index (χ1n) is 17.2. The summed E-state index contributed by atoms with van der Waals surface area (Å²) in [4.78, 5) is 0.0190. The fraction of sp³-hybridized carbons (Fsp3) is 0.778. The van der Waals surface area contributed by atoms with Gasteiger partial charge in [0.15, 0.2) is 0 Å². The van der Waals surface area contributed by atoms with Crippen molar-refractivity contribution in [3.05, 3.63) is 41.5 Å². The molecule has 0 heterocycles. The fourth-order valence-corrected chi connectivity index (χ4v) is 6.50. The minimum Gasteiger partial charge on any atom is -0.744 e. The molecule has 0 aromatic heterocycles. The van der Waals surface area contributed by atoms with Gasteiger partial charge in [-0.15, -0.1) is 0 Å². The Morgan fingerprint density at radius 2 is 0.951 bits per heavy atom. The van der Waals surface area contributed by atoms with Crippen LogP contribution in [0.3, 0.4) is 0 Å². The largest absolute Gasteiger partial charge is 1.00 e. The summed E-state index contributed by atoms with van der Waals surface area (Å²) >= 11 is 0. The molecule has 0 amide bonds. The first kappa shape index (κ1) is 40.9. The first-order valence-corrected chi connectivity index (χ1v) is 18.6. The quantitative estimate of drug-likeness (QED) is 0.0420. The molecule has 0 N–H and O–H groups in total. The van der Waals surface area contributed by atoms with Gasteiger partial charge < -0.3 is 4.55 Å². The first-order chi connectivity index (χ1) is 19.5. The monoisotopic (exact) mass is 598 g/mol. The predicted octanol–water partition coefficient (Wildman–Crippen LogP) is 8.64. The molecule has 0 saturated carbocycles. The van der Waals surface area contributed by atoms with E-state index in [9.17, 15) is 13.0 Å². The van der Waals surface area contributed by atoms with E-state index in [0.29, 0.717) is 6.42 Å². The van der Waals surface area contributed by atoms with Crippen LogP contribution in [0.2, 0.25) is 0 Å². The van der Waals surface area contributed by atoms with E-state index in [1.807, 2.05) is 6.07 Å². The van der Waals surface area contributed by atoms with Crippen LogP contribution in [-0.4, -0.2) is 13.0 Å². The molecular formula is C36H63NaO3S. The van der Waals surface area contributed by atoms with Gasteiger partial charge in [0.1, 0.15) is 10.1 Å². The van der Waals surface area contributed by atoms with Crippen molar-refractivity contribution >= 4 is 10.1 Å². The summed E-state index contributed by atoms with van der Waals surface area (Å²) in [6, 6.07) is 5.31. The van der Waals surface area contributed by atoms with E-state index in [4.69, 9.17) is 0 Å². The van der Waals surface area contributed by atoms with Crippen molar-refractivity contribution in [2.24, 2.45) is 0 Å². The number of unbranched alkanes of at least 4 members (excludes halogenated alkanes) is 21. The Bertz CT molecular complexity index is 850. The van der Waals surface area contributed by atoms with Gasteiger partial charge in [-0.3, -0.25) is 0 Å². The molecule has 0 unspecified atom stereocenters. The second-order valence-corrected chi connectivity index (χ2v) is 13.3. The van der Waals surface area contributed by atoms with Gasteiger partial charge in [0.05, 0.1) is 4.90 Å². The maximum Gasteiger partial charge on any atom is 1.00 e. The van der Waals surface area contributed by atoms with Gasteiger partial charge in [-0.05, 0) is 68.6 Å². The summed E-state index contributed by atoms with van der Waals surface area (Å²) in [5.74, 6) is 0. The third-order valence-electron chi connectivity index (χ3n) is 8.24. The van der Waals surface area contributed by atoms with Gasteiger partial charge >= 0.3 is 29.6 Å². The Kier molecular flexibility index (Phi) is 28.5. The molecule has 0 spiro atoms. The molecule has 3 nitrogen and oxygen atoms in total. The van der Waals surface area contributed by atoms with E-state index in [0.717, 1.165) is 36.8 Å². The van der Waals surface area contributed by atoms with E-state index in [1.54, 1.807) is 6.07 Å². The van der Waals surface area contributed by atoms with E-state index < -0.39 is 10.1 Å². The summed E-state index contributed by atoms with van der Waals surface area (Å²) in [6.45, 7) is 4.52. The topological polar surface area (TPSA) is 57.2 Å². The van der Waals surface area contributed by atoms with Crippen LogP contribution in [-0.2, 0) is 23.0 Å². The Labute approximate surface area is 278 Å². The van der Waals surface area contributed by atoms with Gasteiger partial charge in [-0.2, -0.15) is 0 Å². The summed E-state index contributed by atoms with van der Waals surface area (Å²) in [6.07, 6.45) is 36.8. The molecule has 1 aromatic carbocycles. The zero-order valence-electron chi connectivity index (χ0n) is 27.4. The van der Waals surface area contributed by atoms with Crippen molar-refractivity contribution in [2.45, 2.75) is 186 Å². The zero-order chi connectivity index (χ0) is 29.2. The summed E-state index contributed by atoms with van der Waals surface area (Å²) < 4.78 is 35.9. The fourth-order valence-electron chi connectivity index (χ4n) is 5.72. The van der Waals surface area contributed by atoms with E-state index in [1.165, 1.54) is 141 Å². The molecule has 0 aliphatic heterocycles. The summed E-state index contributed by atoms with van der Waals surface area (Å²) in [5.41, 5.74) is 1.87. The summed E-state index contributed by atoms with van der Waals surface area (Å²) in [5, 5.41) is 0. The predicted molar refractivity (Wildman–Crippen MR) is 173 cm³/mol. The normalized spacial score (nSPS) is 11.8. The molecular weight excluding hydrogens is 535 g/mol. The maximum atomic E-state index is 12.0. The zero-order valence-corrected chi connectivity index (χ0v) is 30.2. The number of benzene rings is 1. The molecule has 0 aliphatic carbocycles. The van der Waals surface area contributed by atoms with Crippen LogP contribution in [0.1, 0.15) is 179 Å². The van der Waals surface area contributed by atoms with Crippen LogP contribution in [0.15, 0.2) is 35.2 Å². The molecule has 5 heteroatoms. The van der Waals surface area contributed by atoms with Crippen LogP contribution in [0.4, 0.5) is 0 Å². The molecule has 0 aliphatic rings. The van der Waals surface area contributed by atoms with E-state index in [2.05, 4.69) is 26.0 Å². The molecule has 1 aromatic rings. The van der Waals surface area contributed by atoms with E-state index >= 15 is 0 Å². The molecule has 0 fully saturated rings. The minimum atomic E-state index is -4.43. The van der Waals surface area contributed by atoms with Crippen LogP contribution < -0.4 is 29.6 Å². The van der Waals surface area contributed by atoms with Crippen molar-refractivity contribution in [1.82, 2.24) is 0 Å². The second-order valence-electron chi connectivity index (χ2n) is 12.0. The van der Waals surface area contributed by atoms with Crippen LogP contribution in [0.25, 0.3) is 0 Å². The molecule has 0 bridgehead atoms. The second kappa shape index (κ2) is 28.6. The Morgan fingerprint density at radius 1 is 0.561 bits per heavy atom. The molecule has 0 radical (unpaired) electrons. The average molecular weight is 599 g/mol. The maximum absolute atomic E-state index is 12.0. The number of aryl methyl sites for hydroxylation is 1. The standard InChI is InChI=1S/C36H64O3S.Na/c1-3-5-7-9-11-13-15-16-17-18-19-20-21-23-25-27-30-34-31-29-33-36(40(37,38)39)35(34)32-28-26-24-22-14-12-10-8-6-4-2;/h16-17,29,31,33H,3-15,18-28,30,32H2,1-2H3,(H,37,38,39);/q;+1/p-1/b17-16-;. The molecule has 1 rings (SSSR count). The van der Waals surface area contributed by atoms with E-state index in [-0.39, 0.29) is 34.5 Å². The van der Waals surface area contributed by atoms with Crippen molar-refractivity contribution in [1.29, 1.82) is 0 Å². The molecule has 0 saturated heterocycles. The smallest absolute Gasteiger partial charge is 0.744 e. The Morgan fingerprint density at radius 3 is 1.39 bits per heavy atom. The third-order valence-corrected chi connectivity index (χ3v) is 9.16. The van der Waals surface area contributed by atoms with Crippen LogP contribution >= 0.6 is 0 Å². The van der Waals surface area contributed by atoms with Gasteiger partial charge in [0.25, 0.3) is 0 Å². The van der Waals surface area contributed by atoms with Gasteiger partial charge in [-0.1, -0.05) is 154 Å². The Balaban J connectivity index is 0.0000160. The summed E-state index contributed by atoms with van der Waals surface area (Å²) in [7, 11) is -4.43. The van der Waals surface area contributed by atoms with Crippen molar-refractivity contribution in [2.75, 3.05) is 0 Å². The van der Waals surface area contributed by atoms with Crippen LogP contribution in [0.5, 0.6) is 0 Å². The van der Waals surface area contributed by atoms with Crippen molar-refractivity contribution in [3.63, 3.8) is 0 Å². The minimum absolute atomic E-state index is 0. The number of hydrogen-bond acceptors (Lipinski definition) is 3. The number of hydrogen-bond donors (Lipinski definition) is 0. The van der Waals surface area contributed by atoms with Gasteiger partial charge in [0, 0.05) is 0 Å². The van der Waals surface area contributed by atoms with Crippen molar-refractivity contribution in [3.8, 4) is 0 Å². The number of allylic oxidation sites excluding steroid dienone is 2. The van der Waals surface area contributed by atoms with Crippen LogP contribution in [0, 0.1) is 0 Å². The Hall–Kier alpha value is -0.130. The molecule has 0 atom stereocenters. The molecule has 41 heavy (non-hydrogen) atoms. The number of rotatable bonds is 28.